The van der Waals surface area contributed by atoms with Crippen molar-refractivity contribution >= 4 is 34.4 Å². The van der Waals surface area contributed by atoms with E-state index in [1.807, 2.05) is 6.92 Å². The van der Waals surface area contributed by atoms with Gasteiger partial charge >= 0.3 is 5.63 Å². The number of ether oxygens (including phenoxy) is 1. The zero-order chi connectivity index (χ0) is 20.4. The molecule has 1 unspecified atom stereocenters. The molecule has 1 atom stereocenters. The van der Waals surface area contributed by atoms with Crippen LogP contribution >= 0.6 is 11.6 Å². The van der Waals surface area contributed by atoms with Gasteiger partial charge in [0.25, 0.3) is 5.91 Å². The quantitative estimate of drug-likeness (QED) is 0.788. The minimum absolute atomic E-state index is 0.176. The maximum absolute atomic E-state index is 12.6. The van der Waals surface area contributed by atoms with E-state index in [2.05, 4.69) is 5.32 Å². The number of amides is 2. The van der Waals surface area contributed by atoms with Crippen LogP contribution in [0.4, 0.5) is 0 Å². The predicted octanol–water partition coefficient (Wildman–Crippen LogP) is 2.57. The summed E-state index contributed by atoms with van der Waals surface area (Å²) in [6.45, 7) is 3.77. The second-order valence-electron chi connectivity index (χ2n) is 6.92. The summed E-state index contributed by atoms with van der Waals surface area (Å²) >= 11 is 6.30. The number of hydrogen-bond acceptors (Lipinski definition) is 5. The van der Waals surface area contributed by atoms with E-state index in [4.69, 9.17) is 20.8 Å². The molecule has 2 heterocycles. The number of carbonyl (C=O) groups is 2. The summed E-state index contributed by atoms with van der Waals surface area (Å²) in [6.07, 6.45) is 2.38. The fraction of sp³-hybridized carbons (Fsp3) is 0.450. The Morgan fingerprint density at radius 3 is 2.75 bits per heavy atom. The lowest BCUT2D eigenvalue weighted by Gasteiger charge is -2.34. The second-order valence-corrected chi connectivity index (χ2v) is 7.33. The van der Waals surface area contributed by atoms with E-state index in [0.29, 0.717) is 29.1 Å². The molecule has 1 N–H and O–H groups in total. The molecule has 2 aromatic rings. The highest BCUT2D eigenvalue weighted by Crippen LogP contribution is 2.32. The molecule has 0 radical (unpaired) electrons. The monoisotopic (exact) mass is 406 g/mol. The average molecular weight is 407 g/mol. The Morgan fingerprint density at radius 1 is 1.29 bits per heavy atom. The van der Waals surface area contributed by atoms with Crippen molar-refractivity contribution in [2.24, 2.45) is 0 Å². The molecule has 0 saturated carbocycles. The van der Waals surface area contributed by atoms with Crippen LogP contribution in [0, 0.1) is 13.8 Å². The topological polar surface area (TPSA) is 88.8 Å². The molecule has 2 amide bonds. The third-order valence-corrected chi connectivity index (χ3v) is 5.53. The summed E-state index contributed by atoms with van der Waals surface area (Å²) in [5, 5.41) is 3.64. The molecular weight excluding hydrogens is 384 g/mol. The fourth-order valence-corrected chi connectivity index (χ4v) is 3.66. The average Bonchev–Trinajstić information content (AvgIpc) is 2.70. The summed E-state index contributed by atoms with van der Waals surface area (Å²) in [6, 6.07) is 2.70. The molecule has 3 rings (SSSR count). The first-order chi connectivity index (χ1) is 13.3. The van der Waals surface area contributed by atoms with Gasteiger partial charge in [0.05, 0.1) is 5.02 Å². The Bertz CT molecular complexity index is 985. The van der Waals surface area contributed by atoms with Gasteiger partial charge in [-0.1, -0.05) is 11.6 Å². The number of piperidine rings is 1. The zero-order valence-electron chi connectivity index (χ0n) is 16.1. The maximum Gasteiger partial charge on any atom is 0.339 e. The minimum Gasteiger partial charge on any atom is -0.482 e. The number of rotatable bonds is 4. The van der Waals surface area contributed by atoms with Crippen LogP contribution in [0.15, 0.2) is 21.3 Å². The van der Waals surface area contributed by atoms with E-state index in [9.17, 15) is 14.4 Å². The number of nitrogens with zero attached hydrogens (tertiary/aromatic N) is 1. The lowest BCUT2D eigenvalue weighted by Crippen LogP contribution is -2.52. The molecule has 8 heteroatoms. The molecule has 1 aromatic carbocycles. The van der Waals surface area contributed by atoms with Gasteiger partial charge in [0.2, 0.25) is 5.91 Å². The van der Waals surface area contributed by atoms with Gasteiger partial charge in [-0.2, -0.15) is 0 Å². The van der Waals surface area contributed by atoms with Crippen molar-refractivity contribution < 1.29 is 18.7 Å². The van der Waals surface area contributed by atoms with Gasteiger partial charge in [0, 0.05) is 30.6 Å². The van der Waals surface area contributed by atoms with E-state index >= 15 is 0 Å². The van der Waals surface area contributed by atoms with Crippen molar-refractivity contribution in [2.45, 2.75) is 39.2 Å². The largest absolute Gasteiger partial charge is 0.482 e. The first-order valence-corrected chi connectivity index (χ1v) is 9.58. The smallest absolute Gasteiger partial charge is 0.339 e. The predicted molar refractivity (Wildman–Crippen MR) is 106 cm³/mol. The van der Waals surface area contributed by atoms with Crippen LogP contribution in [0.3, 0.4) is 0 Å². The molecule has 1 aliphatic heterocycles. The van der Waals surface area contributed by atoms with Crippen LogP contribution in [0.5, 0.6) is 5.75 Å². The number of nitrogens with one attached hydrogen (secondary N) is 1. The van der Waals surface area contributed by atoms with Gasteiger partial charge in [0.15, 0.2) is 6.61 Å². The van der Waals surface area contributed by atoms with Crippen LogP contribution in [0.2, 0.25) is 5.02 Å². The zero-order valence-corrected chi connectivity index (χ0v) is 16.9. The molecule has 7 nitrogen and oxygen atoms in total. The van der Waals surface area contributed by atoms with Crippen LogP contribution < -0.4 is 15.7 Å². The molecule has 28 heavy (non-hydrogen) atoms. The van der Waals surface area contributed by atoms with Crippen LogP contribution in [0.25, 0.3) is 11.0 Å². The van der Waals surface area contributed by atoms with E-state index in [-0.39, 0.29) is 24.2 Å². The number of halogens is 1. The molecule has 1 aromatic heterocycles. The number of hydrogen-bond donors (Lipinski definition) is 1. The van der Waals surface area contributed by atoms with Gasteiger partial charge < -0.3 is 19.4 Å². The summed E-state index contributed by atoms with van der Waals surface area (Å²) in [4.78, 5) is 38.1. The first kappa shape index (κ1) is 20.2. The molecule has 1 fully saturated rings. The molecule has 1 aliphatic rings. The normalized spacial score (nSPS) is 16.9. The first-order valence-electron chi connectivity index (χ1n) is 9.21. The fourth-order valence-electron chi connectivity index (χ4n) is 3.45. The highest BCUT2D eigenvalue weighted by molar-refractivity contribution is 6.32. The van der Waals surface area contributed by atoms with Crippen molar-refractivity contribution in [1.82, 2.24) is 10.2 Å². The lowest BCUT2D eigenvalue weighted by molar-refractivity contribution is -0.143. The van der Waals surface area contributed by atoms with Gasteiger partial charge in [-0.25, -0.2) is 4.79 Å². The Labute approximate surface area is 167 Å². The van der Waals surface area contributed by atoms with Crippen molar-refractivity contribution in [3.63, 3.8) is 0 Å². The number of benzene rings is 1. The summed E-state index contributed by atoms with van der Waals surface area (Å²) in [5.74, 6) is -0.210. The van der Waals surface area contributed by atoms with E-state index in [1.54, 1.807) is 24.9 Å². The van der Waals surface area contributed by atoms with Crippen molar-refractivity contribution in [3.05, 3.63) is 38.7 Å². The van der Waals surface area contributed by atoms with E-state index in [0.717, 1.165) is 23.8 Å². The SMILES string of the molecule is CNC(=O)C1CCCCN1C(=O)COc1cc2oc(=O)c(C)c(C)c2cc1Cl. The Kier molecular flexibility index (Phi) is 5.93. The van der Waals surface area contributed by atoms with E-state index in [1.165, 1.54) is 6.07 Å². The lowest BCUT2D eigenvalue weighted by atomic mass is 10.0. The van der Waals surface area contributed by atoms with Gasteiger partial charge in [0.1, 0.15) is 17.4 Å². The molecule has 0 spiro atoms. The van der Waals surface area contributed by atoms with Crippen LogP contribution in [-0.2, 0) is 9.59 Å². The highest BCUT2D eigenvalue weighted by Gasteiger charge is 2.31. The van der Waals surface area contributed by atoms with Gasteiger partial charge in [-0.3, -0.25) is 9.59 Å². The van der Waals surface area contributed by atoms with Crippen LogP contribution in [-0.4, -0.2) is 43.0 Å². The standard InChI is InChI=1S/C20H23ClN2O5/c1-11-12(2)20(26)28-16-9-17(14(21)8-13(11)16)27-10-18(24)23-7-5-4-6-15(23)19(25)22-3/h8-9,15H,4-7,10H2,1-3H3,(H,22,25). The third-order valence-electron chi connectivity index (χ3n) is 5.23. The van der Waals surface area contributed by atoms with Crippen molar-refractivity contribution in [3.8, 4) is 5.75 Å². The minimum atomic E-state index is -0.481. The van der Waals surface area contributed by atoms with Crippen LogP contribution in [0.1, 0.15) is 30.4 Å². The number of likely N-dealkylation sites (tertiary alicyclic amines) is 1. The van der Waals surface area contributed by atoms with Gasteiger partial charge in [-0.15, -0.1) is 0 Å². The Hall–Kier alpha value is -2.54. The molecule has 0 aliphatic carbocycles. The molecular formula is C20H23ClN2O5. The number of carbonyl (C=O) groups excluding carboxylic acids is 2. The third kappa shape index (κ3) is 3.85. The Morgan fingerprint density at radius 2 is 2.04 bits per heavy atom. The van der Waals surface area contributed by atoms with E-state index < -0.39 is 11.7 Å². The summed E-state index contributed by atoms with van der Waals surface area (Å²) in [5.41, 5.74) is 1.24. The van der Waals surface area contributed by atoms with Crippen molar-refractivity contribution in [1.29, 1.82) is 0 Å². The molecule has 1 saturated heterocycles. The molecule has 0 bridgehead atoms. The van der Waals surface area contributed by atoms with Gasteiger partial charge in [-0.05, 0) is 44.7 Å². The Balaban J connectivity index is 1.80. The second kappa shape index (κ2) is 8.22. The number of likely N-dealkylation sites (N-methyl/N-ethyl adjacent to an activating group) is 1. The van der Waals surface area contributed by atoms with Crippen molar-refractivity contribution in [2.75, 3.05) is 20.2 Å². The maximum atomic E-state index is 12.6. The summed E-state index contributed by atoms with van der Waals surface area (Å²) in [7, 11) is 1.56. The highest BCUT2D eigenvalue weighted by atomic mass is 35.5. The molecule has 150 valence electrons. The summed E-state index contributed by atoms with van der Waals surface area (Å²) < 4.78 is 10.9. The number of aryl methyl sites for hydroxylation is 1. The number of fused-ring (bicyclic) bond motifs is 1.